The van der Waals surface area contributed by atoms with Crippen molar-refractivity contribution in [2.24, 2.45) is 5.92 Å². The van der Waals surface area contributed by atoms with Gasteiger partial charge in [0.1, 0.15) is 5.75 Å². The third kappa shape index (κ3) is 3.92. The van der Waals surface area contributed by atoms with Crippen LogP contribution in [0.4, 0.5) is 0 Å². The van der Waals surface area contributed by atoms with E-state index >= 15 is 0 Å². The average Bonchev–Trinajstić information content (AvgIpc) is 2.88. The molecule has 0 atom stereocenters. The van der Waals surface area contributed by atoms with E-state index in [4.69, 9.17) is 4.74 Å². The van der Waals surface area contributed by atoms with Gasteiger partial charge in [-0.1, -0.05) is 50.5 Å². The topological polar surface area (TPSA) is 9.23 Å². The molecular formula is C16H22O. The van der Waals surface area contributed by atoms with Crippen LogP contribution >= 0.6 is 0 Å². The zero-order valence-corrected chi connectivity index (χ0v) is 10.5. The van der Waals surface area contributed by atoms with Crippen molar-refractivity contribution in [2.45, 2.75) is 38.5 Å². The van der Waals surface area contributed by atoms with Crippen LogP contribution in [0.1, 0.15) is 44.1 Å². The summed E-state index contributed by atoms with van der Waals surface area (Å²) in [7, 11) is 0. The molecule has 1 aromatic rings. The standard InChI is InChI=1S/C16H22O/c1-2-14-9-11-16(12-10-14)17-13-5-8-15-6-3-4-7-15/h2,9-12,15H,1,3-8,13H2. The SMILES string of the molecule is C=Cc1ccc(OCCCC2CCCC2)cc1. The maximum atomic E-state index is 5.73. The maximum Gasteiger partial charge on any atom is 0.119 e. The van der Waals surface area contributed by atoms with E-state index in [1.807, 2.05) is 30.3 Å². The molecule has 0 aromatic heterocycles. The lowest BCUT2D eigenvalue weighted by Crippen LogP contribution is -2.01. The molecule has 0 amide bonds. The van der Waals surface area contributed by atoms with Crippen molar-refractivity contribution in [1.82, 2.24) is 0 Å². The van der Waals surface area contributed by atoms with Crippen molar-refractivity contribution in [1.29, 1.82) is 0 Å². The van der Waals surface area contributed by atoms with Crippen LogP contribution in [0.2, 0.25) is 0 Å². The van der Waals surface area contributed by atoms with Crippen LogP contribution < -0.4 is 4.74 Å². The summed E-state index contributed by atoms with van der Waals surface area (Å²) in [6.07, 6.45) is 10.1. The summed E-state index contributed by atoms with van der Waals surface area (Å²) in [6.45, 7) is 4.59. The average molecular weight is 230 g/mol. The van der Waals surface area contributed by atoms with Gasteiger partial charge in [0.25, 0.3) is 0 Å². The third-order valence-electron chi connectivity index (χ3n) is 3.62. The number of hydrogen-bond donors (Lipinski definition) is 0. The van der Waals surface area contributed by atoms with Gasteiger partial charge in [0.05, 0.1) is 6.61 Å². The quantitative estimate of drug-likeness (QED) is 0.645. The Balaban J connectivity index is 1.65. The second-order valence-electron chi connectivity index (χ2n) is 4.91. The van der Waals surface area contributed by atoms with Gasteiger partial charge < -0.3 is 4.74 Å². The predicted octanol–water partition coefficient (Wildman–Crippen LogP) is 4.68. The molecular weight excluding hydrogens is 208 g/mol. The Morgan fingerprint density at radius 2 is 1.88 bits per heavy atom. The van der Waals surface area contributed by atoms with E-state index in [9.17, 15) is 0 Å². The first kappa shape index (κ1) is 12.2. The summed E-state index contributed by atoms with van der Waals surface area (Å²) in [5.41, 5.74) is 1.14. The van der Waals surface area contributed by atoms with E-state index in [0.29, 0.717) is 0 Å². The zero-order valence-electron chi connectivity index (χ0n) is 10.5. The van der Waals surface area contributed by atoms with E-state index < -0.39 is 0 Å². The minimum atomic E-state index is 0.851. The van der Waals surface area contributed by atoms with Crippen LogP contribution in [0.5, 0.6) is 5.75 Å². The normalized spacial score (nSPS) is 16.0. The van der Waals surface area contributed by atoms with Gasteiger partial charge in [0, 0.05) is 0 Å². The van der Waals surface area contributed by atoms with E-state index in [1.54, 1.807) is 0 Å². The highest BCUT2D eigenvalue weighted by Crippen LogP contribution is 2.28. The molecule has 0 radical (unpaired) electrons. The minimum absolute atomic E-state index is 0.851. The minimum Gasteiger partial charge on any atom is -0.494 e. The summed E-state index contributed by atoms with van der Waals surface area (Å²) in [4.78, 5) is 0. The Hall–Kier alpha value is -1.24. The lowest BCUT2D eigenvalue weighted by Gasteiger charge is -2.09. The van der Waals surface area contributed by atoms with Crippen molar-refractivity contribution in [3.8, 4) is 5.75 Å². The maximum absolute atomic E-state index is 5.73. The first-order valence-electron chi connectivity index (χ1n) is 6.74. The zero-order chi connectivity index (χ0) is 11.9. The summed E-state index contributed by atoms with van der Waals surface area (Å²) in [5.74, 6) is 1.95. The van der Waals surface area contributed by atoms with E-state index in [-0.39, 0.29) is 0 Å². The van der Waals surface area contributed by atoms with Crippen LogP contribution in [0.3, 0.4) is 0 Å². The summed E-state index contributed by atoms with van der Waals surface area (Å²) in [6, 6.07) is 8.12. The molecule has 1 saturated carbocycles. The summed E-state index contributed by atoms with van der Waals surface area (Å²) < 4.78 is 5.73. The van der Waals surface area contributed by atoms with Crippen molar-refractivity contribution < 1.29 is 4.74 Å². The smallest absolute Gasteiger partial charge is 0.119 e. The van der Waals surface area contributed by atoms with Crippen LogP contribution in [0, 0.1) is 5.92 Å². The Bertz CT molecular complexity index is 333. The Morgan fingerprint density at radius 1 is 1.18 bits per heavy atom. The molecule has 1 aromatic carbocycles. The Morgan fingerprint density at radius 3 is 2.53 bits per heavy atom. The van der Waals surface area contributed by atoms with Crippen LogP contribution in [0.15, 0.2) is 30.8 Å². The highest BCUT2D eigenvalue weighted by atomic mass is 16.5. The second-order valence-corrected chi connectivity index (χ2v) is 4.91. The van der Waals surface area contributed by atoms with E-state index in [0.717, 1.165) is 23.8 Å². The number of benzene rings is 1. The van der Waals surface area contributed by atoms with Gasteiger partial charge in [-0.05, 0) is 36.5 Å². The molecule has 1 aliphatic carbocycles. The lowest BCUT2D eigenvalue weighted by molar-refractivity contribution is 0.292. The number of hydrogen-bond acceptors (Lipinski definition) is 1. The third-order valence-corrected chi connectivity index (χ3v) is 3.62. The fourth-order valence-electron chi connectivity index (χ4n) is 2.56. The number of ether oxygens (including phenoxy) is 1. The molecule has 0 heterocycles. The van der Waals surface area contributed by atoms with Crippen molar-refractivity contribution in [2.75, 3.05) is 6.61 Å². The van der Waals surface area contributed by atoms with Gasteiger partial charge in [-0.3, -0.25) is 0 Å². The van der Waals surface area contributed by atoms with Crippen LogP contribution in [-0.2, 0) is 0 Å². The molecule has 92 valence electrons. The molecule has 0 aliphatic heterocycles. The fraction of sp³-hybridized carbons (Fsp3) is 0.500. The van der Waals surface area contributed by atoms with E-state index in [1.165, 1.54) is 38.5 Å². The van der Waals surface area contributed by atoms with Crippen LogP contribution in [-0.4, -0.2) is 6.61 Å². The molecule has 1 fully saturated rings. The molecule has 0 saturated heterocycles. The van der Waals surface area contributed by atoms with Gasteiger partial charge in [-0.15, -0.1) is 0 Å². The van der Waals surface area contributed by atoms with Crippen molar-refractivity contribution in [3.63, 3.8) is 0 Å². The molecule has 2 rings (SSSR count). The van der Waals surface area contributed by atoms with E-state index in [2.05, 4.69) is 6.58 Å². The first-order valence-corrected chi connectivity index (χ1v) is 6.74. The Kier molecular flexibility index (Phi) is 4.66. The highest BCUT2D eigenvalue weighted by Gasteiger charge is 2.13. The largest absolute Gasteiger partial charge is 0.494 e. The predicted molar refractivity (Wildman–Crippen MR) is 73.2 cm³/mol. The molecule has 0 bridgehead atoms. The van der Waals surface area contributed by atoms with Gasteiger partial charge in [0.2, 0.25) is 0 Å². The fourth-order valence-corrected chi connectivity index (χ4v) is 2.56. The summed E-state index contributed by atoms with van der Waals surface area (Å²) >= 11 is 0. The van der Waals surface area contributed by atoms with Crippen molar-refractivity contribution >= 4 is 6.08 Å². The van der Waals surface area contributed by atoms with Gasteiger partial charge >= 0.3 is 0 Å². The first-order chi connectivity index (χ1) is 8.38. The van der Waals surface area contributed by atoms with Crippen molar-refractivity contribution in [3.05, 3.63) is 36.4 Å². The van der Waals surface area contributed by atoms with Crippen LogP contribution in [0.25, 0.3) is 6.08 Å². The highest BCUT2D eigenvalue weighted by molar-refractivity contribution is 5.48. The number of rotatable bonds is 6. The molecule has 0 spiro atoms. The second kappa shape index (κ2) is 6.48. The lowest BCUT2D eigenvalue weighted by atomic mass is 10.0. The summed E-state index contributed by atoms with van der Waals surface area (Å²) in [5, 5.41) is 0. The molecule has 17 heavy (non-hydrogen) atoms. The van der Waals surface area contributed by atoms with Gasteiger partial charge in [0.15, 0.2) is 0 Å². The molecule has 1 nitrogen and oxygen atoms in total. The molecule has 0 N–H and O–H groups in total. The van der Waals surface area contributed by atoms with Gasteiger partial charge in [-0.25, -0.2) is 0 Å². The molecule has 1 aliphatic rings. The molecule has 0 unspecified atom stereocenters. The van der Waals surface area contributed by atoms with Gasteiger partial charge in [-0.2, -0.15) is 0 Å². The molecule has 1 heteroatoms. The monoisotopic (exact) mass is 230 g/mol. The Labute approximate surface area is 104 Å².